The van der Waals surface area contributed by atoms with E-state index in [1.807, 2.05) is 6.92 Å². The second-order valence-corrected chi connectivity index (χ2v) is 2.82. The van der Waals surface area contributed by atoms with Crippen molar-refractivity contribution in [1.29, 1.82) is 0 Å². The molecule has 0 aromatic carbocycles. The van der Waals surface area contributed by atoms with Crippen molar-refractivity contribution in [2.24, 2.45) is 0 Å². The van der Waals surface area contributed by atoms with Crippen LogP contribution in [0.1, 0.15) is 6.92 Å². The van der Waals surface area contributed by atoms with Crippen LogP contribution in [0.3, 0.4) is 0 Å². The molecule has 2 N–H and O–H groups in total. The number of pyridine rings is 1. The Labute approximate surface area is 89.2 Å². The zero-order chi connectivity index (χ0) is 11.1. The van der Waals surface area contributed by atoms with Gasteiger partial charge in [0.1, 0.15) is 6.61 Å². The number of rotatable bonds is 6. The quantitative estimate of drug-likeness (QED) is 0.715. The summed E-state index contributed by atoms with van der Waals surface area (Å²) in [5.41, 5.74) is 6.17. The molecule has 0 unspecified atom stereocenters. The predicted octanol–water partition coefficient (Wildman–Crippen LogP) is 1.09. The molecule has 0 aliphatic heterocycles. The number of nitrogen functional groups attached to an aromatic ring is 1. The molecule has 84 valence electrons. The van der Waals surface area contributed by atoms with Crippen LogP contribution in [-0.4, -0.2) is 31.9 Å². The zero-order valence-corrected chi connectivity index (χ0v) is 9.03. The fourth-order valence-electron chi connectivity index (χ4n) is 0.997. The lowest BCUT2D eigenvalue weighted by Gasteiger charge is -2.08. The molecule has 1 heterocycles. The molecule has 15 heavy (non-hydrogen) atoms. The van der Waals surface area contributed by atoms with Gasteiger partial charge in [0.25, 0.3) is 0 Å². The third kappa shape index (κ3) is 3.63. The number of hydrogen-bond acceptors (Lipinski definition) is 5. The number of methoxy groups -OCH3 is 1. The lowest BCUT2D eigenvalue weighted by atomic mass is 10.4. The first-order valence-electron chi connectivity index (χ1n) is 4.79. The van der Waals surface area contributed by atoms with Gasteiger partial charge in [-0.1, -0.05) is 0 Å². The summed E-state index contributed by atoms with van der Waals surface area (Å²) in [6, 6.07) is 3.41. The molecule has 0 aliphatic rings. The summed E-state index contributed by atoms with van der Waals surface area (Å²) in [7, 11) is 1.62. The minimum absolute atomic E-state index is 0.410. The summed E-state index contributed by atoms with van der Waals surface area (Å²) in [6.45, 7) is 3.38. The van der Waals surface area contributed by atoms with Gasteiger partial charge in [-0.25, -0.2) is 0 Å². The second-order valence-electron chi connectivity index (χ2n) is 2.82. The molecule has 5 heteroatoms. The average molecular weight is 212 g/mol. The predicted molar refractivity (Wildman–Crippen MR) is 57.2 cm³/mol. The highest BCUT2D eigenvalue weighted by atomic mass is 16.5. The van der Waals surface area contributed by atoms with Gasteiger partial charge in [0.2, 0.25) is 11.8 Å². The van der Waals surface area contributed by atoms with Crippen LogP contribution < -0.4 is 15.2 Å². The van der Waals surface area contributed by atoms with Crippen LogP contribution in [-0.2, 0) is 4.74 Å². The van der Waals surface area contributed by atoms with Crippen LogP contribution in [0, 0.1) is 0 Å². The maximum atomic E-state index is 5.66. The summed E-state index contributed by atoms with van der Waals surface area (Å²) in [6.07, 6.45) is 0. The highest BCUT2D eigenvalue weighted by molar-refractivity contribution is 5.49. The van der Waals surface area contributed by atoms with Crippen molar-refractivity contribution in [3.63, 3.8) is 0 Å². The van der Waals surface area contributed by atoms with Gasteiger partial charge in [-0.15, -0.1) is 0 Å². The molecule has 1 rings (SSSR count). The Morgan fingerprint density at radius 1 is 1.27 bits per heavy atom. The van der Waals surface area contributed by atoms with Gasteiger partial charge in [-0.3, -0.25) is 0 Å². The molecule has 1 aromatic rings. The summed E-state index contributed by atoms with van der Waals surface area (Å²) < 4.78 is 15.4. The smallest absolute Gasteiger partial charge is 0.240 e. The summed E-state index contributed by atoms with van der Waals surface area (Å²) >= 11 is 0. The van der Waals surface area contributed by atoms with Crippen LogP contribution in [0.25, 0.3) is 0 Å². The van der Waals surface area contributed by atoms with E-state index in [1.54, 1.807) is 19.2 Å². The average Bonchev–Trinajstić information content (AvgIpc) is 2.23. The molecule has 0 radical (unpaired) electrons. The molecule has 0 spiro atoms. The Balaban J connectivity index is 2.61. The molecule has 0 amide bonds. The van der Waals surface area contributed by atoms with Gasteiger partial charge in [0.15, 0.2) is 0 Å². The molecular formula is C10H16N2O3. The van der Waals surface area contributed by atoms with E-state index in [-0.39, 0.29) is 0 Å². The van der Waals surface area contributed by atoms with Crippen LogP contribution in [0.15, 0.2) is 12.1 Å². The van der Waals surface area contributed by atoms with Crippen molar-refractivity contribution in [2.45, 2.75) is 6.92 Å². The maximum absolute atomic E-state index is 5.66. The van der Waals surface area contributed by atoms with E-state index in [9.17, 15) is 0 Å². The monoisotopic (exact) mass is 212 g/mol. The molecule has 0 aliphatic carbocycles. The van der Waals surface area contributed by atoms with Crippen LogP contribution in [0.5, 0.6) is 11.8 Å². The van der Waals surface area contributed by atoms with Crippen molar-refractivity contribution in [3.8, 4) is 11.8 Å². The first-order chi connectivity index (χ1) is 7.27. The van der Waals surface area contributed by atoms with Gasteiger partial charge in [-0.05, 0) is 13.0 Å². The van der Waals surface area contributed by atoms with Gasteiger partial charge >= 0.3 is 0 Å². The molecule has 0 fully saturated rings. The highest BCUT2D eigenvalue weighted by Gasteiger charge is 2.04. The number of anilines is 1. The number of ether oxygens (including phenoxy) is 3. The van der Waals surface area contributed by atoms with Crippen molar-refractivity contribution in [3.05, 3.63) is 12.1 Å². The summed E-state index contributed by atoms with van der Waals surface area (Å²) in [5.74, 6) is 0.900. The highest BCUT2D eigenvalue weighted by Crippen LogP contribution is 2.21. The molecule has 5 nitrogen and oxygen atoms in total. The third-order valence-electron chi connectivity index (χ3n) is 1.68. The summed E-state index contributed by atoms with van der Waals surface area (Å²) in [4.78, 5) is 4.11. The third-order valence-corrected chi connectivity index (χ3v) is 1.68. The van der Waals surface area contributed by atoms with E-state index in [4.69, 9.17) is 19.9 Å². The van der Waals surface area contributed by atoms with Crippen molar-refractivity contribution in [2.75, 3.05) is 32.7 Å². The summed E-state index contributed by atoms with van der Waals surface area (Å²) in [5, 5.41) is 0. The van der Waals surface area contributed by atoms with Gasteiger partial charge in [0.05, 0.1) is 18.9 Å². The molecule has 0 saturated carbocycles. The number of aromatic nitrogens is 1. The van der Waals surface area contributed by atoms with E-state index < -0.39 is 0 Å². The minimum atomic E-state index is 0.410. The second kappa shape index (κ2) is 6.08. The molecular weight excluding hydrogens is 196 g/mol. The Morgan fingerprint density at radius 2 is 2.07 bits per heavy atom. The Bertz CT molecular complexity index is 305. The van der Waals surface area contributed by atoms with E-state index in [2.05, 4.69) is 4.98 Å². The van der Waals surface area contributed by atoms with Crippen molar-refractivity contribution < 1.29 is 14.2 Å². The van der Waals surface area contributed by atoms with Gasteiger partial charge < -0.3 is 19.9 Å². The van der Waals surface area contributed by atoms with Gasteiger partial charge in [-0.2, -0.15) is 4.98 Å². The topological polar surface area (TPSA) is 66.6 Å². The van der Waals surface area contributed by atoms with E-state index >= 15 is 0 Å². The zero-order valence-electron chi connectivity index (χ0n) is 9.03. The van der Waals surface area contributed by atoms with Gasteiger partial charge in [0, 0.05) is 13.2 Å². The van der Waals surface area contributed by atoms with E-state index in [1.165, 1.54) is 0 Å². The van der Waals surface area contributed by atoms with Crippen LogP contribution >= 0.6 is 0 Å². The molecule has 1 aromatic heterocycles. The Morgan fingerprint density at radius 3 is 2.73 bits per heavy atom. The largest absolute Gasteiger partial charge is 0.476 e. The standard InChI is InChI=1S/C10H16N2O3/c1-3-14-10-8(11)4-5-9(12-10)15-7-6-13-2/h4-5H,3,6-7,11H2,1-2H3. The Kier molecular flexibility index (Phi) is 4.70. The van der Waals surface area contributed by atoms with Crippen molar-refractivity contribution in [1.82, 2.24) is 4.98 Å². The lowest BCUT2D eigenvalue weighted by molar-refractivity contribution is 0.143. The number of hydrogen-bond donors (Lipinski definition) is 1. The number of nitrogens with two attached hydrogens (primary N) is 1. The molecule has 0 atom stereocenters. The van der Waals surface area contributed by atoms with Crippen LogP contribution in [0.4, 0.5) is 5.69 Å². The fraction of sp³-hybridized carbons (Fsp3) is 0.500. The van der Waals surface area contributed by atoms with E-state index in [0.29, 0.717) is 37.3 Å². The fourth-order valence-corrected chi connectivity index (χ4v) is 0.997. The molecule has 0 saturated heterocycles. The number of nitrogens with zero attached hydrogens (tertiary/aromatic N) is 1. The maximum Gasteiger partial charge on any atom is 0.240 e. The first kappa shape index (κ1) is 11.6. The van der Waals surface area contributed by atoms with Crippen molar-refractivity contribution >= 4 is 5.69 Å². The molecule has 0 bridgehead atoms. The lowest BCUT2D eigenvalue weighted by Crippen LogP contribution is -2.07. The van der Waals surface area contributed by atoms with E-state index in [0.717, 1.165) is 0 Å². The first-order valence-corrected chi connectivity index (χ1v) is 4.79. The Hall–Kier alpha value is -1.49. The normalized spacial score (nSPS) is 10.0. The minimum Gasteiger partial charge on any atom is -0.476 e. The van der Waals surface area contributed by atoms with Crippen LogP contribution in [0.2, 0.25) is 0 Å². The SMILES string of the molecule is CCOc1nc(OCCOC)ccc1N.